The van der Waals surface area contributed by atoms with E-state index in [1.54, 1.807) is 0 Å². The first-order valence-corrected chi connectivity index (χ1v) is 5.28. The molecular weight excluding hydrogens is 225 g/mol. The van der Waals surface area contributed by atoms with Crippen LogP contribution in [0.4, 0.5) is 10.1 Å². The highest BCUT2D eigenvalue weighted by atomic mass is 19.1. The van der Waals surface area contributed by atoms with Crippen molar-refractivity contribution in [2.75, 3.05) is 19.0 Å². The Hall–Kier alpha value is -1.62. The fourth-order valence-corrected chi connectivity index (χ4v) is 1.20. The number of hydrogen-bond donors (Lipinski definition) is 1. The molecule has 0 bridgehead atoms. The second-order valence-electron chi connectivity index (χ2n) is 3.75. The molecule has 1 N–H and O–H groups in total. The van der Waals surface area contributed by atoms with Gasteiger partial charge < -0.3 is 14.8 Å². The third-order valence-electron chi connectivity index (χ3n) is 1.99. The van der Waals surface area contributed by atoms with Crippen molar-refractivity contribution in [3.8, 4) is 5.75 Å². The van der Waals surface area contributed by atoms with E-state index in [1.165, 1.54) is 25.3 Å². The van der Waals surface area contributed by atoms with E-state index < -0.39 is 5.82 Å². The molecule has 0 aliphatic heterocycles. The number of halogens is 1. The third kappa shape index (κ3) is 4.40. The summed E-state index contributed by atoms with van der Waals surface area (Å²) in [7, 11) is 1.41. The van der Waals surface area contributed by atoms with Gasteiger partial charge in [0, 0.05) is 6.07 Å². The molecular formula is C12H16FNO3. The lowest BCUT2D eigenvalue weighted by molar-refractivity contribution is -0.121. The molecule has 0 saturated carbocycles. The van der Waals surface area contributed by atoms with E-state index in [0.717, 1.165) is 0 Å². The maximum Gasteiger partial charge on any atom is 0.250 e. The third-order valence-corrected chi connectivity index (χ3v) is 1.99. The number of amides is 1. The van der Waals surface area contributed by atoms with Crippen LogP contribution in [0.5, 0.6) is 5.75 Å². The van der Waals surface area contributed by atoms with Crippen LogP contribution in [-0.4, -0.2) is 25.7 Å². The average molecular weight is 241 g/mol. The first kappa shape index (κ1) is 13.4. The monoisotopic (exact) mass is 241 g/mol. The Kier molecular flexibility index (Phi) is 4.90. The van der Waals surface area contributed by atoms with Crippen LogP contribution in [0.25, 0.3) is 0 Å². The maximum atomic E-state index is 12.9. The Balaban J connectivity index is 2.64. The van der Waals surface area contributed by atoms with Gasteiger partial charge in [-0.25, -0.2) is 4.39 Å². The van der Waals surface area contributed by atoms with Crippen molar-refractivity contribution in [2.24, 2.45) is 0 Å². The fraction of sp³-hybridized carbons (Fsp3) is 0.417. The van der Waals surface area contributed by atoms with Crippen LogP contribution in [0, 0.1) is 5.82 Å². The van der Waals surface area contributed by atoms with Crippen molar-refractivity contribution in [1.29, 1.82) is 0 Å². The minimum atomic E-state index is -0.418. The highest BCUT2D eigenvalue weighted by Gasteiger charge is 2.09. The molecule has 0 fully saturated rings. The molecule has 0 saturated heterocycles. The summed E-state index contributed by atoms with van der Waals surface area (Å²) >= 11 is 0. The molecule has 1 rings (SSSR count). The van der Waals surface area contributed by atoms with Crippen LogP contribution in [-0.2, 0) is 9.53 Å². The predicted octanol–water partition coefficient (Wildman–Crippen LogP) is 2.20. The lowest BCUT2D eigenvalue weighted by Gasteiger charge is -2.11. The van der Waals surface area contributed by atoms with E-state index in [4.69, 9.17) is 9.47 Å². The van der Waals surface area contributed by atoms with Crippen LogP contribution in [0.1, 0.15) is 13.8 Å². The summed E-state index contributed by atoms with van der Waals surface area (Å²) in [6, 6.07) is 3.90. The van der Waals surface area contributed by atoms with Crippen molar-refractivity contribution in [3.05, 3.63) is 24.0 Å². The van der Waals surface area contributed by atoms with Gasteiger partial charge in [0.05, 0.1) is 18.9 Å². The van der Waals surface area contributed by atoms with E-state index in [2.05, 4.69) is 5.32 Å². The molecule has 1 amide bonds. The first-order chi connectivity index (χ1) is 8.02. The summed E-state index contributed by atoms with van der Waals surface area (Å²) in [5, 5.41) is 2.59. The largest absolute Gasteiger partial charge is 0.494 e. The summed E-state index contributed by atoms with van der Waals surface area (Å²) in [5.74, 6) is -0.440. The smallest absolute Gasteiger partial charge is 0.250 e. The molecule has 0 radical (unpaired) electrons. The van der Waals surface area contributed by atoms with Gasteiger partial charge in [-0.05, 0) is 26.0 Å². The van der Waals surface area contributed by atoms with Crippen LogP contribution < -0.4 is 10.1 Å². The molecule has 94 valence electrons. The number of anilines is 1. The number of ether oxygens (including phenoxy) is 2. The molecule has 17 heavy (non-hydrogen) atoms. The lowest BCUT2D eigenvalue weighted by Crippen LogP contribution is -2.21. The summed E-state index contributed by atoms with van der Waals surface area (Å²) < 4.78 is 23.0. The van der Waals surface area contributed by atoms with E-state index >= 15 is 0 Å². The zero-order chi connectivity index (χ0) is 12.8. The quantitative estimate of drug-likeness (QED) is 0.859. The first-order valence-electron chi connectivity index (χ1n) is 5.28. The van der Waals surface area contributed by atoms with Crippen molar-refractivity contribution in [1.82, 2.24) is 0 Å². The summed E-state index contributed by atoms with van der Waals surface area (Å²) in [5.41, 5.74) is 0.422. The topological polar surface area (TPSA) is 47.6 Å². The second-order valence-corrected chi connectivity index (χ2v) is 3.75. The van der Waals surface area contributed by atoms with Gasteiger partial charge in [-0.15, -0.1) is 0 Å². The highest BCUT2D eigenvalue weighted by molar-refractivity contribution is 5.93. The number of carbonyl (C=O) groups is 1. The molecule has 0 aliphatic rings. The van der Waals surface area contributed by atoms with Crippen LogP contribution in [0.3, 0.4) is 0 Å². The zero-order valence-electron chi connectivity index (χ0n) is 10.1. The number of nitrogens with one attached hydrogen (secondary N) is 1. The van der Waals surface area contributed by atoms with Crippen LogP contribution in [0.15, 0.2) is 18.2 Å². The van der Waals surface area contributed by atoms with E-state index in [0.29, 0.717) is 5.69 Å². The number of hydrogen-bond acceptors (Lipinski definition) is 3. The predicted molar refractivity (Wildman–Crippen MR) is 62.7 cm³/mol. The van der Waals surface area contributed by atoms with E-state index in [1.807, 2.05) is 13.8 Å². The molecule has 5 heteroatoms. The van der Waals surface area contributed by atoms with E-state index in [-0.39, 0.29) is 24.4 Å². The van der Waals surface area contributed by atoms with Crippen molar-refractivity contribution >= 4 is 11.6 Å². The Morgan fingerprint density at radius 3 is 2.76 bits per heavy atom. The van der Waals surface area contributed by atoms with Gasteiger partial charge in [0.2, 0.25) is 5.91 Å². The number of rotatable bonds is 5. The maximum absolute atomic E-state index is 12.9. The molecule has 0 heterocycles. The SMILES string of the molecule is COc1cc(F)ccc1NC(=O)COC(C)C. The second kappa shape index (κ2) is 6.20. The van der Waals surface area contributed by atoms with Gasteiger partial charge in [0.1, 0.15) is 18.2 Å². The summed E-state index contributed by atoms with van der Waals surface area (Å²) in [6.45, 7) is 3.63. The minimum Gasteiger partial charge on any atom is -0.494 e. The highest BCUT2D eigenvalue weighted by Crippen LogP contribution is 2.24. The number of benzene rings is 1. The molecule has 4 nitrogen and oxygen atoms in total. The van der Waals surface area contributed by atoms with Crippen molar-refractivity contribution in [3.63, 3.8) is 0 Å². The fourth-order valence-electron chi connectivity index (χ4n) is 1.20. The Bertz CT molecular complexity index is 393. The molecule has 1 aromatic rings. The van der Waals surface area contributed by atoms with Crippen LogP contribution >= 0.6 is 0 Å². The standard InChI is InChI=1S/C12H16FNO3/c1-8(2)17-7-12(15)14-10-5-4-9(13)6-11(10)16-3/h4-6,8H,7H2,1-3H3,(H,14,15). The van der Waals surface area contributed by atoms with Gasteiger partial charge in [0.15, 0.2) is 0 Å². The average Bonchev–Trinajstić information content (AvgIpc) is 2.28. The van der Waals surface area contributed by atoms with Crippen molar-refractivity contribution < 1.29 is 18.7 Å². The van der Waals surface area contributed by atoms with E-state index in [9.17, 15) is 9.18 Å². The van der Waals surface area contributed by atoms with Gasteiger partial charge >= 0.3 is 0 Å². The lowest BCUT2D eigenvalue weighted by atomic mass is 10.3. The number of carbonyl (C=O) groups excluding carboxylic acids is 1. The Morgan fingerprint density at radius 2 is 2.18 bits per heavy atom. The van der Waals surface area contributed by atoms with Gasteiger partial charge in [0.25, 0.3) is 0 Å². The van der Waals surface area contributed by atoms with Gasteiger partial charge in [-0.1, -0.05) is 0 Å². The molecule has 0 atom stereocenters. The molecule has 0 aliphatic carbocycles. The molecule has 0 spiro atoms. The Morgan fingerprint density at radius 1 is 1.47 bits per heavy atom. The number of methoxy groups -OCH3 is 1. The van der Waals surface area contributed by atoms with Gasteiger partial charge in [-0.3, -0.25) is 4.79 Å². The van der Waals surface area contributed by atoms with Gasteiger partial charge in [-0.2, -0.15) is 0 Å². The minimum absolute atomic E-state index is 0.0177. The van der Waals surface area contributed by atoms with Crippen molar-refractivity contribution in [2.45, 2.75) is 20.0 Å². The summed E-state index contributed by atoms with van der Waals surface area (Å²) in [6.07, 6.45) is -0.0177. The zero-order valence-corrected chi connectivity index (χ0v) is 10.1. The summed E-state index contributed by atoms with van der Waals surface area (Å²) in [4.78, 5) is 11.5. The van der Waals surface area contributed by atoms with Crippen LogP contribution in [0.2, 0.25) is 0 Å². The molecule has 0 aromatic heterocycles. The Labute approximate surface area is 99.7 Å². The normalized spacial score (nSPS) is 10.4. The molecule has 0 unspecified atom stereocenters. The molecule has 1 aromatic carbocycles.